The molecule has 1 aromatic carbocycles. The fourth-order valence-electron chi connectivity index (χ4n) is 2.70. The van der Waals surface area contributed by atoms with Gasteiger partial charge in [-0.15, -0.1) is 0 Å². The summed E-state index contributed by atoms with van der Waals surface area (Å²) in [6.45, 7) is 5.25. The van der Waals surface area contributed by atoms with Crippen LogP contribution in [-0.4, -0.2) is 42.9 Å². The first-order chi connectivity index (χ1) is 14.6. The van der Waals surface area contributed by atoms with Crippen molar-refractivity contribution in [3.05, 3.63) is 42.1 Å². The minimum Gasteiger partial charge on any atom is -0.461 e. The lowest BCUT2D eigenvalue weighted by atomic mass is 10.0. The van der Waals surface area contributed by atoms with E-state index in [1.54, 1.807) is 31.3 Å². The maximum absolute atomic E-state index is 12.8. The lowest BCUT2D eigenvalue weighted by molar-refractivity contribution is -0.142. The Hall–Kier alpha value is -3.40. The maximum Gasteiger partial charge on any atom is 0.316 e. The van der Waals surface area contributed by atoms with Gasteiger partial charge in [0.25, 0.3) is 0 Å². The SMILES string of the molecule is CNC(C(=O)NC(C/C=C/NC(N)=O)C(=O)Nc1ccc(COC(C)=O)cc1)C(C)C. The van der Waals surface area contributed by atoms with Crippen LogP contribution in [0.3, 0.4) is 0 Å². The summed E-state index contributed by atoms with van der Waals surface area (Å²) in [6, 6.07) is 4.70. The first-order valence-electron chi connectivity index (χ1n) is 9.85. The molecule has 0 bridgehead atoms. The van der Waals surface area contributed by atoms with Crippen LogP contribution in [0.2, 0.25) is 0 Å². The molecule has 0 saturated heterocycles. The summed E-state index contributed by atoms with van der Waals surface area (Å²) in [6.07, 6.45) is 2.98. The summed E-state index contributed by atoms with van der Waals surface area (Å²) in [5.74, 6) is -1.10. The molecule has 0 aliphatic heterocycles. The molecule has 0 radical (unpaired) electrons. The number of hydrogen-bond acceptors (Lipinski definition) is 6. The van der Waals surface area contributed by atoms with Crippen LogP contribution in [0.4, 0.5) is 10.5 Å². The van der Waals surface area contributed by atoms with Crippen molar-refractivity contribution in [1.82, 2.24) is 16.0 Å². The topological polar surface area (TPSA) is 152 Å². The van der Waals surface area contributed by atoms with Crippen LogP contribution >= 0.6 is 0 Å². The molecule has 0 spiro atoms. The molecule has 0 aliphatic rings. The maximum atomic E-state index is 12.8. The Kier molecular flexibility index (Phi) is 10.8. The predicted molar refractivity (Wildman–Crippen MR) is 117 cm³/mol. The number of ether oxygens (including phenoxy) is 1. The van der Waals surface area contributed by atoms with Crippen LogP contribution in [0, 0.1) is 5.92 Å². The van der Waals surface area contributed by atoms with Gasteiger partial charge in [-0.05, 0) is 37.1 Å². The summed E-state index contributed by atoms with van der Waals surface area (Å²) in [7, 11) is 1.67. The molecular weight excluding hydrogens is 402 g/mol. The molecule has 1 aromatic rings. The van der Waals surface area contributed by atoms with Gasteiger partial charge in [0, 0.05) is 18.8 Å². The third-order valence-electron chi connectivity index (χ3n) is 4.27. The van der Waals surface area contributed by atoms with E-state index in [9.17, 15) is 19.2 Å². The van der Waals surface area contributed by atoms with Crippen molar-refractivity contribution >= 4 is 29.5 Å². The number of esters is 1. The number of rotatable bonds is 11. The molecule has 4 amide bonds. The Morgan fingerprint density at radius 2 is 1.74 bits per heavy atom. The summed E-state index contributed by atoms with van der Waals surface area (Å²) in [4.78, 5) is 47.1. The first-order valence-corrected chi connectivity index (χ1v) is 9.85. The Labute approximate surface area is 182 Å². The van der Waals surface area contributed by atoms with Gasteiger partial charge < -0.3 is 31.7 Å². The molecule has 2 unspecified atom stereocenters. The van der Waals surface area contributed by atoms with Crippen molar-refractivity contribution in [3.63, 3.8) is 0 Å². The van der Waals surface area contributed by atoms with Gasteiger partial charge in [0.2, 0.25) is 11.8 Å². The van der Waals surface area contributed by atoms with E-state index in [1.165, 1.54) is 19.2 Å². The molecule has 0 aliphatic carbocycles. The average molecular weight is 434 g/mol. The van der Waals surface area contributed by atoms with Gasteiger partial charge in [-0.3, -0.25) is 14.4 Å². The van der Waals surface area contributed by atoms with Crippen molar-refractivity contribution in [2.24, 2.45) is 11.7 Å². The van der Waals surface area contributed by atoms with Crippen molar-refractivity contribution in [1.29, 1.82) is 0 Å². The zero-order chi connectivity index (χ0) is 23.4. The highest BCUT2D eigenvalue weighted by Gasteiger charge is 2.26. The van der Waals surface area contributed by atoms with Crippen molar-refractivity contribution in [3.8, 4) is 0 Å². The summed E-state index contributed by atoms with van der Waals surface area (Å²) < 4.78 is 4.93. The first kappa shape index (κ1) is 25.6. The number of benzene rings is 1. The fourth-order valence-corrected chi connectivity index (χ4v) is 2.70. The number of carbonyl (C=O) groups is 4. The van der Waals surface area contributed by atoms with Gasteiger partial charge >= 0.3 is 12.0 Å². The molecule has 0 aromatic heterocycles. The molecule has 0 heterocycles. The van der Waals surface area contributed by atoms with E-state index in [0.29, 0.717) is 5.69 Å². The van der Waals surface area contributed by atoms with Gasteiger partial charge in [-0.1, -0.05) is 32.1 Å². The second kappa shape index (κ2) is 13.0. The van der Waals surface area contributed by atoms with E-state index in [-0.39, 0.29) is 30.8 Å². The number of nitrogens with one attached hydrogen (secondary N) is 4. The Morgan fingerprint density at radius 1 is 1.10 bits per heavy atom. The van der Waals surface area contributed by atoms with Crippen LogP contribution < -0.4 is 27.0 Å². The molecular formula is C21H31N5O5. The van der Waals surface area contributed by atoms with E-state index in [1.807, 2.05) is 13.8 Å². The van der Waals surface area contributed by atoms with Crippen molar-refractivity contribution in [2.45, 2.75) is 45.9 Å². The number of carbonyl (C=O) groups excluding carboxylic acids is 4. The molecule has 2 atom stereocenters. The van der Waals surface area contributed by atoms with Crippen molar-refractivity contribution in [2.75, 3.05) is 12.4 Å². The molecule has 31 heavy (non-hydrogen) atoms. The molecule has 170 valence electrons. The zero-order valence-corrected chi connectivity index (χ0v) is 18.2. The molecule has 0 saturated carbocycles. The monoisotopic (exact) mass is 433 g/mol. The van der Waals surface area contributed by atoms with E-state index in [2.05, 4.69) is 21.3 Å². The van der Waals surface area contributed by atoms with Gasteiger partial charge in [0.1, 0.15) is 12.6 Å². The van der Waals surface area contributed by atoms with Crippen molar-refractivity contribution < 1.29 is 23.9 Å². The highest BCUT2D eigenvalue weighted by Crippen LogP contribution is 2.12. The molecule has 0 fully saturated rings. The largest absolute Gasteiger partial charge is 0.461 e. The predicted octanol–water partition coefficient (Wildman–Crippen LogP) is 0.989. The third-order valence-corrected chi connectivity index (χ3v) is 4.27. The van der Waals surface area contributed by atoms with Crippen LogP contribution in [0.25, 0.3) is 0 Å². The highest BCUT2D eigenvalue weighted by molar-refractivity contribution is 5.98. The number of anilines is 1. The number of amides is 4. The Balaban J connectivity index is 2.86. The molecule has 6 N–H and O–H groups in total. The minimum absolute atomic E-state index is 0.0190. The number of hydrogen-bond donors (Lipinski definition) is 5. The van der Waals surface area contributed by atoms with E-state index < -0.39 is 24.0 Å². The number of likely N-dealkylation sites (N-methyl/N-ethyl adjacent to an activating group) is 1. The van der Waals surface area contributed by atoms with Crippen LogP contribution in [0.5, 0.6) is 0 Å². The summed E-state index contributed by atoms with van der Waals surface area (Å²) >= 11 is 0. The smallest absolute Gasteiger partial charge is 0.316 e. The number of urea groups is 1. The standard InChI is InChI=1S/C21H31N5O5/c1-13(2)18(23-4)20(29)26-17(6-5-11-24-21(22)30)19(28)25-16-9-7-15(8-10-16)12-31-14(3)27/h5,7-11,13,17-18,23H,6,12H2,1-4H3,(H,25,28)(H,26,29)(H3,22,24,30)/b11-5+. The van der Waals surface area contributed by atoms with Crippen LogP contribution in [-0.2, 0) is 25.7 Å². The molecule has 10 nitrogen and oxygen atoms in total. The normalized spacial score (nSPS) is 12.8. The van der Waals surface area contributed by atoms with E-state index in [0.717, 1.165) is 5.56 Å². The van der Waals surface area contributed by atoms with Gasteiger partial charge in [0.15, 0.2) is 0 Å². The Bertz CT molecular complexity index is 792. The van der Waals surface area contributed by atoms with Crippen LogP contribution in [0.15, 0.2) is 36.5 Å². The van der Waals surface area contributed by atoms with Gasteiger partial charge in [-0.25, -0.2) is 4.79 Å². The second-order valence-electron chi connectivity index (χ2n) is 7.18. The quantitative estimate of drug-likeness (QED) is 0.328. The minimum atomic E-state index is -0.881. The lowest BCUT2D eigenvalue weighted by Gasteiger charge is -2.23. The summed E-state index contributed by atoms with van der Waals surface area (Å²) in [5.41, 5.74) is 6.30. The highest BCUT2D eigenvalue weighted by atomic mass is 16.5. The third kappa shape index (κ3) is 9.77. The average Bonchev–Trinajstić information content (AvgIpc) is 2.69. The number of nitrogens with two attached hydrogens (primary N) is 1. The fraction of sp³-hybridized carbons (Fsp3) is 0.429. The molecule has 10 heteroatoms. The van der Waals surface area contributed by atoms with Crippen LogP contribution in [0.1, 0.15) is 32.8 Å². The number of primary amides is 1. The van der Waals surface area contributed by atoms with Gasteiger partial charge in [-0.2, -0.15) is 0 Å². The van der Waals surface area contributed by atoms with Gasteiger partial charge in [0.05, 0.1) is 6.04 Å². The van der Waals surface area contributed by atoms with E-state index in [4.69, 9.17) is 10.5 Å². The van der Waals surface area contributed by atoms with E-state index >= 15 is 0 Å². The Morgan fingerprint density at radius 3 is 2.26 bits per heavy atom. The lowest BCUT2D eigenvalue weighted by Crippen LogP contribution is -2.52. The second-order valence-corrected chi connectivity index (χ2v) is 7.18. The molecule has 1 rings (SSSR count). The zero-order valence-electron chi connectivity index (χ0n) is 18.2. The summed E-state index contributed by atoms with van der Waals surface area (Å²) in [5, 5.41) is 10.7.